The molecule has 0 aliphatic carbocycles. The van der Waals surface area contributed by atoms with Gasteiger partial charge in [-0.05, 0) is 30.7 Å². The molecule has 0 aromatic heterocycles. The Morgan fingerprint density at radius 1 is 1.19 bits per heavy atom. The number of methoxy groups -OCH3 is 1. The van der Waals surface area contributed by atoms with E-state index in [4.69, 9.17) is 22.1 Å². The van der Waals surface area contributed by atoms with E-state index in [1.165, 1.54) is 0 Å². The van der Waals surface area contributed by atoms with Gasteiger partial charge in [-0.2, -0.15) is 0 Å². The molecule has 0 fully saturated rings. The van der Waals surface area contributed by atoms with E-state index < -0.39 is 0 Å². The fraction of sp³-hybridized carbons (Fsp3) is 0.294. The largest absolute Gasteiger partial charge is 0.496 e. The van der Waals surface area contributed by atoms with Gasteiger partial charge in [-0.25, -0.2) is 0 Å². The van der Waals surface area contributed by atoms with E-state index in [2.05, 4.69) is 19.1 Å². The molecule has 0 radical (unpaired) electrons. The molecule has 112 valence electrons. The normalized spacial score (nSPS) is 13.7. The third-order valence-corrected chi connectivity index (χ3v) is 4.98. The minimum atomic E-state index is 0.0466. The first-order valence-electron chi connectivity index (χ1n) is 6.96. The average molecular weight is 322 g/mol. The second kappa shape index (κ2) is 7.74. The molecule has 2 atom stereocenters. The number of hydrogen-bond donors (Lipinski definition) is 1. The molecule has 2 N–H and O–H groups in total. The Morgan fingerprint density at radius 2 is 1.95 bits per heavy atom. The molecule has 0 saturated carbocycles. The summed E-state index contributed by atoms with van der Waals surface area (Å²) in [4.78, 5) is 1.11. The molecule has 2 rings (SSSR count). The van der Waals surface area contributed by atoms with Gasteiger partial charge in [-0.1, -0.05) is 42.8 Å². The molecular weight excluding hydrogens is 302 g/mol. The van der Waals surface area contributed by atoms with Crippen LogP contribution in [0.3, 0.4) is 0 Å². The maximum Gasteiger partial charge on any atom is 0.123 e. The van der Waals surface area contributed by atoms with Crippen LogP contribution in [0.4, 0.5) is 0 Å². The van der Waals surface area contributed by atoms with Crippen molar-refractivity contribution < 1.29 is 4.74 Å². The first kappa shape index (κ1) is 16.2. The van der Waals surface area contributed by atoms with Gasteiger partial charge in [0, 0.05) is 21.5 Å². The Morgan fingerprint density at radius 3 is 2.62 bits per heavy atom. The summed E-state index contributed by atoms with van der Waals surface area (Å²) in [6.45, 7) is 2.10. The fourth-order valence-corrected chi connectivity index (χ4v) is 3.77. The molecule has 2 aromatic rings. The highest BCUT2D eigenvalue weighted by Crippen LogP contribution is 2.42. The zero-order valence-corrected chi connectivity index (χ0v) is 13.8. The smallest absolute Gasteiger partial charge is 0.123 e. The molecule has 2 aromatic carbocycles. The zero-order chi connectivity index (χ0) is 15.2. The van der Waals surface area contributed by atoms with Crippen LogP contribution in [-0.2, 0) is 0 Å². The highest BCUT2D eigenvalue weighted by atomic mass is 35.5. The molecule has 2 nitrogen and oxygen atoms in total. The van der Waals surface area contributed by atoms with Gasteiger partial charge in [0.2, 0.25) is 0 Å². The molecule has 2 unspecified atom stereocenters. The van der Waals surface area contributed by atoms with Crippen molar-refractivity contribution in [3.63, 3.8) is 0 Å². The van der Waals surface area contributed by atoms with Crippen LogP contribution < -0.4 is 10.5 Å². The predicted octanol–water partition coefficient (Wildman–Crippen LogP) is 4.92. The van der Waals surface area contributed by atoms with Gasteiger partial charge in [0.05, 0.1) is 12.4 Å². The number of ether oxygens (including phenoxy) is 1. The Kier molecular flexibility index (Phi) is 5.97. The van der Waals surface area contributed by atoms with Gasteiger partial charge in [-0.3, -0.25) is 0 Å². The Hall–Kier alpha value is -1.16. The van der Waals surface area contributed by atoms with Crippen molar-refractivity contribution in [1.29, 1.82) is 0 Å². The van der Waals surface area contributed by atoms with Gasteiger partial charge in [-0.15, -0.1) is 11.8 Å². The fourth-order valence-electron chi connectivity index (χ4n) is 2.18. The molecule has 21 heavy (non-hydrogen) atoms. The van der Waals surface area contributed by atoms with Crippen LogP contribution >= 0.6 is 23.4 Å². The minimum absolute atomic E-state index is 0.0466. The zero-order valence-electron chi connectivity index (χ0n) is 12.3. The van der Waals surface area contributed by atoms with Crippen LogP contribution in [-0.4, -0.2) is 13.2 Å². The van der Waals surface area contributed by atoms with E-state index in [1.54, 1.807) is 18.9 Å². The molecule has 0 saturated heterocycles. The molecule has 0 aliphatic rings. The van der Waals surface area contributed by atoms with Gasteiger partial charge in [0.1, 0.15) is 5.75 Å². The first-order valence-corrected chi connectivity index (χ1v) is 8.22. The number of rotatable bonds is 6. The summed E-state index contributed by atoms with van der Waals surface area (Å²) >= 11 is 7.81. The molecule has 0 heterocycles. The van der Waals surface area contributed by atoms with E-state index in [9.17, 15) is 0 Å². The van der Waals surface area contributed by atoms with E-state index in [-0.39, 0.29) is 11.3 Å². The third-order valence-electron chi connectivity index (χ3n) is 3.36. The summed E-state index contributed by atoms with van der Waals surface area (Å²) < 4.78 is 5.49. The molecule has 0 aliphatic heterocycles. The number of benzene rings is 2. The van der Waals surface area contributed by atoms with Crippen molar-refractivity contribution in [1.82, 2.24) is 0 Å². The molecule has 4 heteroatoms. The third kappa shape index (κ3) is 4.16. The second-order valence-electron chi connectivity index (χ2n) is 4.81. The minimum Gasteiger partial charge on any atom is -0.496 e. The average Bonchev–Trinajstić information content (AvgIpc) is 2.52. The highest BCUT2D eigenvalue weighted by molar-refractivity contribution is 7.99. The van der Waals surface area contributed by atoms with Crippen LogP contribution in [0.15, 0.2) is 53.4 Å². The lowest BCUT2D eigenvalue weighted by Crippen LogP contribution is -2.26. The summed E-state index contributed by atoms with van der Waals surface area (Å²) in [6.07, 6.45) is 0.899. The van der Waals surface area contributed by atoms with Crippen LogP contribution in [0.5, 0.6) is 5.75 Å². The van der Waals surface area contributed by atoms with E-state index >= 15 is 0 Å². The predicted molar refractivity (Wildman–Crippen MR) is 91.3 cm³/mol. The summed E-state index contributed by atoms with van der Waals surface area (Å²) in [5.74, 6) is 0.876. The first-order chi connectivity index (χ1) is 10.2. The van der Waals surface area contributed by atoms with Crippen molar-refractivity contribution >= 4 is 23.4 Å². The Labute approximate surface area is 135 Å². The number of nitrogens with two attached hydrogens (primary N) is 1. The summed E-state index contributed by atoms with van der Waals surface area (Å²) in [7, 11) is 1.69. The van der Waals surface area contributed by atoms with Crippen molar-refractivity contribution in [3.05, 3.63) is 59.1 Å². The van der Waals surface area contributed by atoms with E-state index in [0.717, 1.165) is 27.7 Å². The van der Waals surface area contributed by atoms with Crippen LogP contribution in [0.2, 0.25) is 5.02 Å². The number of halogens is 1. The van der Waals surface area contributed by atoms with Crippen LogP contribution in [0, 0.1) is 0 Å². The summed E-state index contributed by atoms with van der Waals surface area (Å²) in [6, 6.07) is 16.0. The van der Waals surface area contributed by atoms with Crippen molar-refractivity contribution in [2.45, 2.75) is 29.5 Å². The summed E-state index contributed by atoms with van der Waals surface area (Å²) in [5.41, 5.74) is 7.47. The van der Waals surface area contributed by atoms with Crippen LogP contribution in [0.25, 0.3) is 0 Å². The lowest BCUT2D eigenvalue weighted by molar-refractivity contribution is 0.407. The van der Waals surface area contributed by atoms with Crippen molar-refractivity contribution in [2.24, 2.45) is 5.73 Å². The van der Waals surface area contributed by atoms with Crippen molar-refractivity contribution in [3.8, 4) is 5.75 Å². The number of hydrogen-bond acceptors (Lipinski definition) is 3. The van der Waals surface area contributed by atoms with Gasteiger partial charge in [0.15, 0.2) is 0 Å². The van der Waals surface area contributed by atoms with Gasteiger partial charge >= 0.3 is 0 Å². The lowest BCUT2D eigenvalue weighted by Gasteiger charge is -2.24. The van der Waals surface area contributed by atoms with Gasteiger partial charge in [0.25, 0.3) is 0 Å². The second-order valence-corrected chi connectivity index (χ2v) is 6.46. The Balaban J connectivity index is 2.34. The van der Waals surface area contributed by atoms with E-state index in [0.29, 0.717) is 0 Å². The Bertz CT molecular complexity index is 591. The number of para-hydroxylation sites is 1. The topological polar surface area (TPSA) is 35.2 Å². The monoisotopic (exact) mass is 321 g/mol. The van der Waals surface area contributed by atoms with Crippen LogP contribution in [0.1, 0.15) is 24.2 Å². The quantitative estimate of drug-likeness (QED) is 0.767. The SMILES string of the molecule is CCC(N)C(Sc1cccc(Cl)c1)c1ccccc1OC. The maximum absolute atomic E-state index is 6.35. The van der Waals surface area contributed by atoms with Gasteiger partial charge < -0.3 is 10.5 Å². The number of thioether (sulfide) groups is 1. The van der Waals surface area contributed by atoms with E-state index in [1.807, 2.05) is 36.4 Å². The molecule has 0 amide bonds. The molecule has 0 bridgehead atoms. The molecular formula is C17H20ClNOS. The van der Waals surface area contributed by atoms with Crippen molar-refractivity contribution in [2.75, 3.05) is 7.11 Å². The molecule has 0 spiro atoms. The standard InChI is InChI=1S/C17H20ClNOS/c1-3-15(19)17(14-9-4-5-10-16(14)20-2)21-13-8-6-7-12(18)11-13/h4-11,15,17H,3,19H2,1-2H3. The maximum atomic E-state index is 6.35. The summed E-state index contributed by atoms with van der Waals surface area (Å²) in [5, 5.41) is 0.869. The lowest BCUT2D eigenvalue weighted by atomic mass is 10.0. The highest BCUT2D eigenvalue weighted by Gasteiger charge is 2.23.